The van der Waals surface area contributed by atoms with Gasteiger partial charge in [-0.3, -0.25) is 24.5 Å². The molecule has 32 heavy (non-hydrogen) atoms. The highest BCUT2D eigenvalue weighted by atomic mass is 32.2. The van der Waals surface area contributed by atoms with Gasteiger partial charge in [0.25, 0.3) is 11.1 Å². The number of carboxylic acids is 1. The van der Waals surface area contributed by atoms with Crippen molar-refractivity contribution in [2.45, 2.75) is 64.2 Å². The number of carbonyl (C=O) groups is 4. The first-order valence-electron chi connectivity index (χ1n) is 11.2. The van der Waals surface area contributed by atoms with Crippen LogP contribution in [0.3, 0.4) is 0 Å². The summed E-state index contributed by atoms with van der Waals surface area (Å²) in [5, 5.41) is 10.4. The lowest BCUT2D eigenvalue weighted by Crippen LogP contribution is -2.22. The maximum atomic E-state index is 12.1. The molecule has 8 heteroatoms. The van der Waals surface area contributed by atoms with Crippen molar-refractivity contribution in [1.29, 1.82) is 0 Å². The molecule has 4 rings (SSSR count). The van der Waals surface area contributed by atoms with Gasteiger partial charge in [-0.15, -0.1) is 0 Å². The Balaban J connectivity index is 0.000000269. The standard InChI is InChI=1S/C17H17NO4S.C7H12O2/c19-15-14(23-17(21)18-15)10-11-6-8-13(9-7-11)22-16(20)12-4-2-1-3-5-12;8-7(9)6-4-2-1-3-5-6/h6-10,12H,1-5H2,(H,18,19,21);6H,1-5H2,(H,8,9)/b14-10-;. The number of nitrogens with one attached hydrogen (secondary N) is 1. The molecule has 2 saturated carbocycles. The quantitative estimate of drug-likeness (QED) is 0.364. The van der Waals surface area contributed by atoms with Crippen molar-refractivity contribution in [3.63, 3.8) is 0 Å². The van der Waals surface area contributed by atoms with Crippen LogP contribution in [0, 0.1) is 11.8 Å². The van der Waals surface area contributed by atoms with Crippen LogP contribution in [0.4, 0.5) is 4.79 Å². The Morgan fingerprint density at radius 1 is 0.906 bits per heavy atom. The number of benzene rings is 1. The van der Waals surface area contributed by atoms with Crippen LogP contribution < -0.4 is 10.1 Å². The van der Waals surface area contributed by atoms with Crippen LogP contribution >= 0.6 is 11.8 Å². The lowest BCUT2D eigenvalue weighted by atomic mass is 9.89. The smallest absolute Gasteiger partial charge is 0.314 e. The minimum Gasteiger partial charge on any atom is -0.481 e. The third-order valence-electron chi connectivity index (χ3n) is 5.93. The Morgan fingerprint density at radius 2 is 1.47 bits per heavy atom. The SMILES string of the molecule is O=C(O)C1CCCCC1.O=C1NC(=O)/C(=C/c2ccc(OC(=O)C3CCCCC3)cc2)S1. The number of ether oxygens (including phenoxy) is 1. The zero-order chi connectivity index (χ0) is 22.9. The van der Waals surface area contributed by atoms with Crippen LogP contribution in [0.5, 0.6) is 5.75 Å². The number of hydrogen-bond acceptors (Lipinski definition) is 6. The van der Waals surface area contributed by atoms with E-state index in [9.17, 15) is 19.2 Å². The maximum Gasteiger partial charge on any atom is 0.314 e. The fourth-order valence-electron chi connectivity index (χ4n) is 4.09. The van der Waals surface area contributed by atoms with E-state index in [4.69, 9.17) is 9.84 Å². The van der Waals surface area contributed by atoms with Crippen molar-refractivity contribution in [2.75, 3.05) is 0 Å². The molecule has 1 aromatic carbocycles. The second-order valence-corrected chi connectivity index (χ2v) is 9.37. The zero-order valence-corrected chi connectivity index (χ0v) is 18.8. The fourth-order valence-corrected chi connectivity index (χ4v) is 4.77. The summed E-state index contributed by atoms with van der Waals surface area (Å²) in [6.07, 6.45) is 12.1. The minimum atomic E-state index is -0.602. The number of thioether (sulfide) groups is 1. The molecule has 2 N–H and O–H groups in total. The summed E-state index contributed by atoms with van der Waals surface area (Å²) >= 11 is 0.878. The molecular formula is C24H29NO6S. The number of imide groups is 1. The van der Waals surface area contributed by atoms with Gasteiger partial charge >= 0.3 is 11.9 Å². The summed E-state index contributed by atoms with van der Waals surface area (Å²) < 4.78 is 5.42. The highest BCUT2D eigenvalue weighted by molar-refractivity contribution is 8.18. The van der Waals surface area contributed by atoms with Gasteiger partial charge in [-0.05, 0) is 61.2 Å². The van der Waals surface area contributed by atoms with E-state index < -0.39 is 5.97 Å². The molecule has 0 bridgehead atoms. The molecule has 3 aliphatic rings. The van der Waals surface area contributed by atoms with E-state index in [-0.39, 0.29) is 29.0 Å². The van der Waals surface area contributed by atoms with Gasteiger partial charge in [0.1, 0.15) is 5.75 Å². The first-order chi connectivity index (χ1) is 15.4. The Kier molecular flexibility index (Phi) is 8.90. The third-order valence-corrected chi connectivity index (χ3v) is 6.74. The zero-order valence-electron chi connectivity index (χ0n) is 18.0. The van der Waals surface area contributed by atoms with Crippen LogP contribution in [0.2, 0.25) is 0 Å². The van der Waals surface area contributed by atoms with Gasteiger partial charge in [0, 0.05) is 0 Å². The first-order valence-corrected chi connectivity index (χ1v) is 12.0. The topological polar surface area (TPSA) is 110 Å². The van der Waals surface area contributed by atoms with Crippen LogP contribution in [0.1, 0.15) is 69.8 Å². The molecular weight excluding hydrogens is 430 g/mol. The first kappa shape index (κ1) is 24.0. The van der Waals surface area contributed by atoms with Gasteiger partial charge in [-0.1, -0.05) is 50.7 Å². The molecule has 2 amide bonds. The average molecular weight is 460 g/mol. The van der Waals surface area contributed by atoms with E-state index in [1.54, 1.807) is 30.3 Å². The van der Waals surface area contributed by atoms with E-state index in [1.165, 1.54) is 12.8 Å². The molecule has 0 atom stereocenters. The van der Waals surface area contributed by atoms with E-state index >= 15 is 0 Å². The molecule has 1 heterocycles. The van der Waals surface area contributed by atoms with Crippen molar-refractivity contribution in [3.05, 3.63) is 34.7 Å². The largest absolute Gasteiger partial charge is 0.481 e. The van der Waals surface area contributed by atoms with E-state index in [1.807, 2.05) is 0 Å². The summed E-state index contributed by atoms with van der Waals surface area (Å²) in [5.74, 6) is -0.661. The van der Waals surface area contributed by atoms with Gasteiger partial charge in [0.2, 0.25) is 0 Å². The number of carbonyl (C=O) groups excluding carboxylic acids is 3. The van der Waals surface area contributed by atoms with Crippen molar-refractivity contribution in [1.82, 2.24) is 5.32 Å². The van der Waals surface area contributed by atoms with Crippen molar-refractivity contribution in [2.24, 2.45) is 11.8 Å². The Bertz CT molecular complexity index is 867. The normalized spacial score (nSPS) is 20.9. The number of esters is 1. The van der Waals surface area contributed by atoms with Crippen LogP contribution in [0.25, 0.3) is 6.08 Å². The summed E-state index contributed by atoms with van der Waals surface area (Å²) in [6, 6.07) is 6.92. The van der Waals surface area contributed by atoms with Gasteiger partial charge in [0.15, 0.2) is 0 Å². The highest BCUT2D eigenvalue weighted by Crippen LogP contribution is 2.28. The molecule has 0 spiro atoms. The summed E-state index contributed by atoms with van der Waals surface area (Å²) in [7, 11) is 0. The number of rotatable bonds is 4. The summed E-state index contributed by atoms with van der Waals surface area (Å²) in [5.41, 5.74) is 0.773. The van der Waals surface area contributed by atoms with Crippen LogP contribution in [-0.2, 0) is 14.4 Å². The summed E-state index contributed by atoms with van der Waals surface area (Å²) in [4.78, 5) is 45.4. The molecule has 2 aliphatic carbocycles. The van der Waals surface area contributed by atoms with Crippen molar-refractivity contribution in [3.8, 4) is 5.75 Å². The molecule has 7 nitrogen and oxygen atoms in total. The fraction of sp³-hybridized carbons (Fsp3) is 0.500. The van der Waals surface area contributed by atoms with E-state index in [0.29, 0.717) is 10.7 Å². The monoisotopic (exact) mass is 459 g/mol. The molecule has 0 unspecified atom stereocenters. The minimum absolute atomic E-state index is 0.00939. The Labute approximate surface area is 192 Å². The number of hydrogen-bond donors (Lipinski definition) is 2. The molecule has 1 aromatic rings. The predicted molar refractivity (Wildman–Crippen MR) is 122 cm³/mol. The van der Waals surface area contributed by atoms with Crippen LogP contribution in [-0.4, -0.2) is 28.2 Å². The lowest BCUT2D eigenvalue weighted by molar-refractivity contribution is -0.143. The molecule has 1 aliphatic heterocycles. The van der Waals surface area contributed by atoms with Gasteiger partial charge in [0.05, 0.1) is 16.7 Å². The second kappa shape index (κ2) is 11.9. The van der Waals surface area contributed by atoms with Crippen molar-refractivity contribution < 1.29 is 29.0 Å². The maximum absolute atomic E-state index is 12.1. The molecule has 0 aromatic heterocycles. The molecule has 172 valence electrons. The van der Waals surface area contributed by atoms with Crippen LogP contribution in [0.15, 0.2) is 29.2 Å². The van der Waals surface area contributed by atoms with E-state index in [2.05, 4.69) is 5.32 Å². The molecule has 0 radical (unpaired) electrons. The number of aliphatic carboxylic acids is 1. The van der Waals surface area contributed by atoms with Gasteiger partial charge < -0.3 is 9.84 Å². The molecule has 3 fully saturated rings. The highest BCUT2D eigenvalue weighted by Gasteiger charge is 2.25. The molecule has 1 saturated heterocycles. The lowest BCUT2D eigenvalue weighted by Gasteiger charge is -2.19. The van der Waals surface area contributed by atoms with Gasteiger partial charge in [-0.25, -0.2) is 0 Å². The predicted octanol–water partition coefficient (Wildman–Crippen LogP) is 5.15. The summed E-state index contributed by atoms with van der Waals surface area (Å²) in [6.45, 7) is 0. The van der Waals surface area contributed by atoms with Crippen molar-refractivity contribution >= 4 is 40.9 Å². The third kappa shape index (κ3) is 7.22. The second-order valence-electron chi connectivity index (χ2n) is 8.35. The number of carboxylic acid groups (broad SMARTS) is 1. The Morgan fingerprint density at radius 3 is 1.94 bits per heavy atom. The number of amides is 2. The Hall–Kier alpha value is -2.61. The van der Waals surface area contributed by atoms with Gasteiger partial charge in [-0.2, -0.15) is 0 Å². The average Bonchev–Trinajstić information content (AvgIpc) is 3.13. The van der Waals surface area contributed by atoms with E-state index in [0.717, 1.165) is 68.7 Å².